The van der Waals surface area contributed by atoms with Gasteiger partial charge in [0.15, 0.2) is 0 Å². The fraction of sp³-hybridized carbons (Fsp3) is 0.538. The lowest BCUT2D eigenvalue weighted by atomic mass is 10.0. The quantitative estimate of drug-likeness (QED) is 0.850. The van der Waals surface area contributed by atoms with E-state index in [2.05, 4.69) is 4.90 Å². The maximum Gasteiger partial charge on any atom is 0.123 e. The van der Waals surface area contributed by atoms with Crippen molar-refractivity contribution in [1.82, 2.24) is 4.90 Å². The molecule has 0 atom stereocenters. The fourth-order valence-electron chi connectivity index (χ4n) is 2.30. The van der Waals surface area contributed by atoms with Crippen LogP contribution in [0.5, 0.6) is 0 Å². The largest absolute Gasteiger partial charge is 0.326 e. The van der Waals surface area contributed by atoms with Gasteiger partial charge >= 0.3 is 0 Å². The third-order valence-electron chi connectivity index (χ3n) is 3.23. The van der Waals surface area contributed by atoms with Crippen LogP contribution in [-0.2, 0) is 13.1 Å². The van der Waals surface area contributed by atoms with Gasteiger partial charge in [-0.1, -0.05) is 12.5 Å². The highest BCUT2D eigenvalue weighted by atomic mass is 19.1. The highest BCUT2D eigenvalue weighted by Crippen LogP contribution is 2.16. The summed E-state index contributed by atoms with van der Waals surface area (Å²) in [5.41, 5.74) is 7.75. The highest BCUT2D eigenvalue weighted by Gasteiger charge is 2.12. The average Bonchev–Trinajstić information content (AvgIpc) is 2.33. The zero-order valence-corrected chi connectivity index (χ0v) is 9.58. The summed E-state index contributed by atoms with van der Waals surface area (Å²) in [5, 5.41) is 0. The Morgan fingerprint density at radius 3 is 2.56 bits per heavy atom. The van der Waals surface area contributed by atoms with E-state index in [1.807, 2.05) is 6.07 Å². The van der Waals surface area contributed by atoms with Crippen LogP contribution >= 0.6 is 0 Å². The Morgan fingerprint density at radius 2 is 1.88 bits per heavy atom. The van der Waals surface area contributed by atoms with Crippen LogP contribution in [0.15, 0.2) is 18.2 Å². The zero-order chi connectivity index (χ0) is 11.4. The SMILES string of the molecule is NCc1cc(F)ccc1CN1CCCCC1. The molecule has 0 aromatic heterocycles. The van der Waals surface area contributed by atoms with Gasteiger partial charge in [-0.2, -0.15) is 0 Å². The summed E-state index contributed by atoms with van der Waals surface area (Å²) in [7, 11) is 0. The van der Waals surface area contributed by atoms with E-state index < -0.39 is 0 Å². The summed E-state index contributed by atoms with van der Waals surface area (Å²) >= 11 is 0. The van der Waals surface area contributed by atoms with Gasteiger partial charge in [-0.15, -0.1) is 0 Å². The van der Waals surface area contributed by atoms with Gasteiger partial charge in [-0.3, -0.25) is 4.90 Å². The Labute approximate surface area is 96.2 Å². The van der Waals surface area contributed by atoms with Crippen molar-refractivity contribution in [2.45, 2.75) is 32.4 Å². The molecule has 0 aliphatic carbocycles. The molecule has 2 nitrogen and oxygen atoms in total. The molecule has 1 aliphatic rings. The smallest absolute Gasteiger partial charge is 0.123 e. The molecule has 1 aromatic rings. The molecule has 0 amide bonds. The van der Waals surface area contributed by atoms with Crippen molar-refractivity contribution in [2.75, 3.05) is 13.1 Å². The molecule has 0 radical (unpaired) electrons. The van der Waals surface area contributed by atoms with Crippen LogP contribution in [-0.4, -0.2) is 18.0 Å². The van der Waals surface area contributed by atoms with E-state index in [1.54, 1.807) is 6.07 Å². The van der Waals surface area contributed by atoms with E-state index in [0.717, 1.165) is 25.2 Å². The Kier molecular flexibility index (Phi) is 3.91. The number of rotatable bonds is 3. The first-order valence-electron chi connectivity index (χ1n) is 5.99. The number of nitrogens with two attached hydrogens (primary N) is 1. The summed E-state index contributed by atoms with van der Waals surface area (Å²) in [6.45, 7) is 3.64. The molecule has 1 heterocycles. The average molecular weight is 222 g/mol. The van der Waals surface area contributed by atoms with Crippen LogP contribution in [0.3, 0.4) is 0 Å². The normalized spacial score (nSPS) is 17.6. The number of benzene rings is 1. The molecule has 1 saturated heterocycles. The molecule has 0 saturated carbocycles. The second kappa shape index (κ2) is 5.41. The van der Waals surface area contributed by atoms with Crippen molar-refractivity contribution >= 4 is 0 Å². The van der Waals surface area contributed by atoms with Crippen LogP contribution < -0.4 is 5.73 Å². The van der Waals surface area contributed by atoms with E-state index in [4.69, 9.17) is 5.73 Å². The summed E-state index contributed by atoms with van der Waals surface area (Å²) in [6, 6.07) is 4.95. The van der Waals surface area contributed by atoms with Crippen molar-refractivity contribution in [2.24, 2.45) is 5.73 Å². The standard InChI is InChI=1S/C13H19FN2/c14-13-5-4-11(12(8-13)9-15)10-16-6-2-1-3-7-16/h4-5,8H,1-3,6-7,9-10,15H2. The maximum atomic E-state index is 13.0. The molecular formula is C13H19FN2. The molecule has 2 N–H and O–H groups in total. The minimum atomic E-state index is -0.192. The van der Waals surface area contributed by atoms with Crippen molar-refractivity contribution in [3.63, 3.8) is 0 Å². The number of hydrogen-bond acceptors (Lipinski definition) is 2. The van der Waals surface area contributed by atoms with E-state index >= 15 is 0 Å². The predicted octanol–water partition coefficient (Wildman–Crippen LogP) is 2.27. The molecule has 0 bridgehead atoms. The number of nitrogens with zero attached hydrogens (tertiary/aromatic N) is 1. The molecular weight excluding hydrogens is 203 g/mol. The van der Waals surface area contributed by atoms with Crippen molar-refractivity contribution in [1.29, 1.82) is 0 Å². The first kappa shape index (κ1) is 11.6. The number of likely N-dealkylation sites (tertiary alicyclic amines) is 1. The summed E-state index contributed by atoms with van der Waals surface area (Å²) in [5.74, 6) is -0.192. The van der Waals surface area contributed by atoms with Gasteiger partial charge in [-0.05, 0) is 49.2 Å². The molecule has 0 spiro atoms. The van der Waals surface area contributed by atoms with Crippen LogP contribution in [0.1, 0.15) is 30.4 Å². The molecule has 3 heteroatoms. The lowest BCUT2D eigenvalue weighted by Gasteiger charge is -2.27. The van der Waals surface area contributed by atoms with Crippen molar-refractivity contribution in [3.8, 4) is 0 Å². The number of piperidine rings is 1. The van der Waals surface area contributed by atoms with E-state index in [1.165, 1.54) is 30.9 Å². The second-order valence-electron chi connectivity index (χ2n) is 4.45. The van der Waals surface area contributed by atoms with Gasteiger partial charge in [0, 0.05) is 13.1 Å². The lowest BCUT2D eigenvalue weighted by molar-refractivity contribution is 0.220. The van der Waals surface area contributed by atoms with E-state index in [-0.39, 0.29) is 5.82 Å². The Bertz CT molecular complexity index is 346. The molecule has 0 unspecified atom stereocenters. The molecule has 16 heavy (non-hydrogen) atoms. The monoisotopic (exact) mass is 222 g/mol. The van der Waals surface area contributed by atoms with Gasteiger partial charge in [0.05, 0.1) is 0 Å². The van der Waals surface area contributed by atoms with Gasteiger partial charge < -0.3 is 5.73 Å². The molecule has 88 valence electrons. The first-order chi connectivity index (χ1) is 7.79. The summed E-state index contributed by atoms with van der Waals surface area (Å²) in [4.78, 5) is 2.43. The zero-order valence-electron chi connectivity index (χ0n) is 9.58. The van der Waals surface area contributed by atoms with Gasteiger partial charge in [0.1, 0.15) is 5.82 Å². The van der Waals surface area contributed by atoms with Crippen LogP contribution in [0, 0.1) is 5.82 Å². The van der Waals surface area contributed by atoms with Crippen LogP contribution in [0.4, 0.5) is 4.39 Å². The minimum Gasteiger partial charge on any atom is -0.326 e. The Morgan fingerprint density at radius 1 is 1.12 bits per heavy atom. The van der Waals surface area contributed by atoms with Crippen molar-refractivity contribution in [3.05, 3.63) is 35.1 Å². The predicted molar refractivity (Wildman–Crippen MR) is 63.4 cm³/mol. The fourth-order valence-corrected chi connectivity index (χ4v) is 2.30. The molecule has 2 rings (SSSR count). The van der Waals surface area contributed by atoms with Crippen molar-refractivity contribution < 1.29 is 4.39 Å². The maximum absolute atomic E-state index is 13.0. The molecule has 1 aliphatic heterocycles. The van der Waals surface area contributed by atoms with Crippen LogP contribution in [0.2, 0.25) is 0 Å². The Hall–Kier alpha value is -0.930. The number of halogens is 1. The summed E-state index contributed by atoms with van der Waals surface area (Å²) in [6.07, 6.45) is 3.89. The summed E-state index contributed by atoms with van der Waals surface area (Å²) < 4.78 is 13.0. The molecule has 1 fully saturated rings. The first-order valence-corrected chi connectivity index (χ1v) is 5.99. The van der Waals surface area contributed by atoms with Gasteiger partial charge in [-0.25, -0.2) is 4.39 Å². The van der Waals surface area contributed by atoms with Crippen LogP contribution in [0.25, 0.3) is 0 Å². The van der Waals surface area contributed by atoms with Gasteiger partial charge in [0.2, 0.25) is 0 Å². The molecule has 1 aromatic carbocycles. The highest BCUT2D eigenvalue weighted by molar-refractivity contribution is 5.27. The second-order valence-corrected chi connectivity index (χ2v) is 4.45. The van der Waals surface area contributed by atoms with Gasteiger partial charge in [0.25, 0.3) is 0 Å². The van der Waals surface area contributed by atoms with E-state index in [9.17, 15) is 4.39 Å². The Balaban J connectivity index is 2.07. The van der Waals surface area contributed by atoms with E-state index in [0.29, 0.717) is 6.54 Å². The third-order valence-corrected chi connectivity index (χ3v) is 3.23. The topological polar surface area (TPSA) is 29.3 Å². The number of hydrogen-bond donors (Lipinski definition) is 1. The lowest BCUT2D eigenvalue weighted by Crippen LogP contribution is -2.29. The minimum absolute atomic E-state index is 0.192. The third kappa shape index (κ3) is 2.80.